The average molecular weight is 340 g/mol. The van der Waals surface area contributed by atoms with E-state index in [2.05, 4.69) is 10.6 Å². The van der Waals surface area contributed by atoms with Crippen LogP contribution in [0.4, 0.5) is 24.5 Å². The first-order chi connectivity index (χ1) is 10.8. The lowest BCUT2D eigenvalue weighted by Gasteiger charge is -2.16. The maximum atomic E-state index is 12.9. The van der Waals surface area contributed by atoms with Gasteiger partial charge >= 0.3 is 12.1 Å². The van der Waals surface area contributed by atoms with Crippen molar-refractivity contribution in [3.8, 4) is 0 Å². The summed E-state index contributed by atoms with van der Waals surface area (Å²) in [4.78, 5) is 11.1. The van der Waals surface area contributed by atoms with E-state index in [4.69, 9.17) is 17.3 Å². The maximum absolute atomic E-state index is 12.9. The van der Waals surface area contributed by atoms with E-state index >= 15 is 0 Å². The molecule has 0 fully saturated rings. The van der Waals surface area contributed by atoms with E-state index in [0.717, 1.165) is 6.07 Å². The average Bonchev–Trinajstić information content (AvgIpc) is 2.47. The number of halogens is 3. The van der Waals surface area contributed by atoms with Gasteiger partial charge in [0.1, 0.15) is 0 Å². The first-order valence-corrected chi connectivity index (χ1v) is 6.76. The van der Waals surface area contributed by atoms with Gasteiger partial charge in [-0.2, -0.15) is 13.2 Å². The number of rotatable bonds is 3. The number of thiocarbonyl (C=S) groups is 1. The number of carbonyl (C=O) groups is 1. The highest BCUT2D eigenvalue weighted by Gasteiger charge is 2.33. The Hall–Kier alpha value is -2.61. The van der Waals surface area contributed by atoms with E-state index < -0.39 is 17.7 Å². The predicted molar refractivity (Wildman–Crippen MR) is 84.7 cm³/mol. The molecule has 8 heteroatoms. The van der Waals surface area contributed by atoms with Crippen LogP contribution in [0.2, 0.25) is 0 Å². The number of hydrogen-bond acceptors (Lipinski definition) is 2. The molecule has 120 valence electrons. The number of carboxylic acids is 1. The third-order valence-electron chi connectivity index (χ3n) is 2.89. The molecule has 0 heterocycles. The van der Waals surface area contributed by atoms with Gasteiger partial charge in [0.2, 0.25) is 0 Å². The fourth-order valence-electron chi connectivity index (χ4n) is 1.89. The van der Waals surface area contributed by atoms with Gasteiger partial charge in [0.05, 0.1) is 22.5 Å². The van der Waals surface area contributed by atoms with Crippen molar-refractivity contribution in [2.45, 2.75) is 6.18 Å². The largest absolute Gasteiger partial charge is 0.478 e. The van der Waals surface area contributed by atoms with Crippen LogP contribution >= 0.6 is 12.2 Å². The number of aromatic carboxylic acids is 1. The lowest BCUT2D eigenvalue weighted by Crippen LogP contribution is -2.22. The molecule has 2 rings (SSSR count). The summed E-state index contributed by atoms with van der Waals surface area (Å²) in [6, 6.07) is 10.8. The Bertz CT molecular complexity index is 747. The Balaban J connectivity index is 2.20. The highest BCUT2D eigenvalue weighted by molar-refractivity contribution is 7.80. The molecule has 0 saturated carbocycles. The Labute approximate surface area is 134 Å². The molecule has 0 saturated heterocycles. The number of alkyl halides is 3. The van der Waals surface area contributed by atoms with Crippen LogP contribution < -0.4 is 10.6 Å². The fraction of sp³-hybridized carbons (Fsp3) is 0.0667. The minimum Gasteiger partial charge on any atom is -0.478 e. The molecule has 0 aromatic heterocycles. The second kappa shape index (κ2) is 6.66. The van der Waals surface area contributed by atoms with Crippen molar-refractivity contribution in [1.29, 1.82) is 0 Å². The van der Waals surface area contributed by atoms with E-state index in [1.165, 1.54) is 36.4 Å². The van der Waals surface area contributed by atoms with Gasteiger partial charge in [-0.1, -0.05) is 24.3 Å². The van der Waals surface area contributed by atoms with E-state index in [9.17, 15) is 18.0 Å². The first kappa shape index (κ1) is 16.8. The van der Waals surface area contributed by atoms with Crippen molar-refractivity contribution in [3.05, 3.63) is 59.7 Å². The lowest BCUT2D eigenvalue weighted by molar-refractivity contribution is -0.136. The van der Waals surface area contributed by atoms with Crippen molar-refractivity contribution in [3.63, 3.8) is 0 Å². The Morgan fingerprint density at radius 3 is 2.09 bits per heavy atom. The summed E-state index contributed by atoms with van der Waals surface area (Å²) in [7, 11) is 0. The summed E-state index contributed by atoms with van der Waals surface area (Å²) in [6.07, 6.45) is -4.53. The van der Waals surface area contributed by atoms with E-state index in [-0.39, 0.29) is 22.1 Å². The summed E-state index contributed by atoms with van der Waals surface area (Å²) >= 11 is 4.96. The molecule has 2 aromatic rings. The van der Waals surface area contributed by atoms with Crippen LogP contribution in [0.3, 0.4) is 0 Å². The van der Waals surface area contributed by atoms with Gasteiger partial charge in [-0.05, 0) is 36.5 Å². The number of benzene rings is 2. The molecular formula is C15H11F3N2O2S. The topological polar surface area (TPSA) is 61.4 Å². The third kappa shape index (κ3) is 4.19. The summed E-state index contributed by atoms with van der Waals surface area (Å²) in [5.74, 6) is -1.17. The number of nitrogens with one attached hydrogen (secondary N) is 2. The zero-order valence-electron chi connectivity index (χ0n) is 11.5. The minimum absolute atomic E-state index is 0.0410. The Morgan fingerprint density at radius 2 is 1.48 bits per heavy atom. The number of hydrogen-bond donors (Lipinski definition) is 3. The van der Waals surface area contributed by atoms with Crippen molar-refractivity contribution < 1.29 is 23.1 Å². The lowest BCUT2D eigenvalue weighted by atomic mass is 10.1. The Kier molecular flexibility index (Phi) is 4.85. The van der Waals surface area contributed by atoms with Crippen molar-refractivity contribution >= 4 is 34.7 Å². The SMILES string of the molecule is O=C(O)c1ccccc1NC(=S)Nc1ccccc1C(F)(F)F. The zero-order valence-corrected chi connectivity index (χ0v) is 12.3. The van der Waals surface area contributed by atoms with Crippen molar-refractivity contribution in [1.82, 2.24) is 0 Å². The molecule has 0 atom stereocenters. The van der Waals surface area contributed by atoms with Crippen LogP contribution in [-0.4, -0.2) is 16.2 Å². The monoisotopic (exact) mass is 340 g/mol. The molecule has 0 unspecified atom stereocenters. The van der Waals surface area contributed by atoms with Gasteiger partial charge in [0.25, 0.3) is 0 Å². The molecule has 0 aliphatic heterocycles. The molecule has 0 aliphatic carbocycles. The maximum Gasteiger partial charge on any atom is 0.418 e. The normalized spacial score (nSPS) is 10.9. The van der Waals surface area contributed by atoms with Gasteiger partial charge in [-0.3, -0.25) is 0 Å². The molecule has 0 bridgehead atoms. The van der Waals surface area contributed by atoms with E-state index in [0.29, 0.717) is 0 Å². The quantitative estimate of drug-likeness (QED) is 0.731. The molecule has 0 amide bonds. The molecule has 3 N–H and O–H groups in total. The van der Waals surface area contributed by atoms with Crippen LogP contribution in [0.1, 0.15) is 15.9 Å². The van der Waals surface area contributed by atoms with Gasteiger partial charge in [0, 0.05) is 0 Å². The summed E-state index contributed by atoms with van der Waals surface area (Å²) in [6.45, 7) is 0. The molecule has 2 aromatic carbocycles. The van der Waals surface area contributed by atoms with Gasteiger partial charge < -0.3 is 15.7 Å². The number of para-hydroxylation sites is 2. The Morgan fingerprint density at radius 1 is 0.957 bits per heavy atom. The first-order valence-electron chi connectivity index (χ1n) is 6.35. The zero-order chi connectivity index (χ0) is 17.0. The number of anilines is 2. The highest BCUT2D eigenvalue weighted by atomic mass is 32.1. The molecule has 4 nitrogen and oxygen atoms in total. The molecule has 0 spiro atoms. The molecule has 0 aliphatic rings. The van der Waals surface area contributed by atoms with E-state index in [1.54, 1.807) is 6.07 Å². The van der Waals surface area contributed by atoms with Crippen LogP contribution in [0.5, 0.6) is 0 Å². The van der Waals surface area contributed by atoms with Gasteiger partial charge in [-0.15, -0.1) is 0 Å². The summed E-state index contributed by atoms with van der Waals surface area (Å²) in [5.41, 5.74) is -0.941. The van der Waals surface area contributed by atoms with Crippen LogP contribution in [0.25, 0.3) is 0 Å². The molecule has 0 radical (unpaired) electrons. The molecule has 23 heavy (non-hydrogen) atoms. The summed E-state index contributed by atoms with van der Waals surface area (Å²) < 4.78 is 38.7. The second-order valence-corrected chi connectivity index (χ2v) is 4.88. The minimum atomic E-state index is -4.53. The molecular weight excluding hydrogens is 329 g/mol. The van der Waals surface area contributed by atoms with Crippen molar-refractivity contribution in [2.24, 2.45) is 0 Å². The van der Waals surface area contributed by atoms with Gasteiger partial charge in [0.15, 0.2) is 5.11 Å². The fourth-order valence-corrected chi connectivity index (χ4v) is 2.11. The number of carboxylic acid groups (broad SMARTS) is 1. The van der Waals surface area contributed by atoms with Crippen LogP contribution in [0.15, 0.2) is 48.5 Å². The standard InChI is InChI=1S/C15H11F3N2O2S/c16-15(17,18)10-6-2-4-8-12(10)20-14(23)19-11-7-3-1-5-9(11)13(21)22/h1-8H,(H,21,22)(H2,19,20,23). The van der Waals surface area contributed by atoms with Crippen LogP contribution in [-0.2, 0) is 6.18 Å². The van der Waals surface area contributed by atoms with Gasteiger partial charge in [-0.25, -0.2) is 4.79 Å². The second-order valence-electron chi connectivity index (χ2n) is 4.47. The smallest absolute Gasteiger partial charge is 0.418 e. The predicted octanol–water partition coefficient (Wildman–Crippen LogP) is 4.21. The van der Waals surface area contributed by atoms with Crippen LogP contribution in [0, 0.1) is 0 Å². The summed E-state index contributed by atoms with van der Waals surface area (Å²) in [5, 5.41) is 14.0. The van der Waals surface area contributed by atoms with E-state index in [1.807, 2.05) is 0 Å². The third-order valence-corrected chi connectivity index (χ3v) is 3.09. The highest BCUT2D eigenvalue weighted by Crippen LogP contribution is 2.34. The van der Waals surface area contributed by atoms with Crippen molar-refractivity contribution in [2.75, 3.05) is 10.6 Å².